The number of hydrogen-bond donors (Lipinski definition) is 0. The zero-order valence-electron chi connectivity index (χ0n) is 10.4. The fourth-order valence-corrected chi connectivity index (χ4v) is 17.2. The van der Waals surface area contributed by atoms with Gasteiger partial charge in [-0.2, -0.15) is 0 Å². The molecule has 16 heavy (non-hydrogen) atoms. The van der Waals surface area contributed by atoms with Crippen molar-refractivity contribution >= 4 is 38.2 Å². The zero-order chi connectivity index (χ0) is 12.0. The third-order valence-corrected chi connectivity index (χ3v) is 13.9. The van der Waals surface area contributed by atoms with Crippen LogP contribution in [0.3, 0.4) is 0 Å². The molecule has 0 aliphatic carbocycles. The highest BCUT2D eigenvalue weighted by atomic mass is 79.9. The first-order valence-corrected chi connectivity index (χ1v) is 12.9. The van der Waals surface area contributed by atoms with Crippen molar-refractivity contribution in [3.05, 3.63) is 22.8 Å². The smallest absolute Gasteiger partial charge is 0.142 e. The molecule has 1 aromatic heterocycles. The van der Waals surface area contributed by atoms with Crippen molar-refractivity contribution in [2.45, 2.75) is 38.3 Å². The first-order chi connectivity index (χ1) is 7.33. The van der Waals surface area contributed by atoms with E-state index in [-0.39, 0.29) is 0 Å². The minimum atomic E-state index is -1.26. The Labute approximate surface area is 108 Å². The van der Waals surface area contributed by atoms with Gasteiger partial charge >= 0.3 is 0 Å². The fourth-order valence-electron chi connectivity index (χ4n) is 2.80. The molecule has 0 radical (unpaired) electrons. The van der Waals surface area contributed by atoms with E-state index >= 15 is 0 Å². The van der Waals surface area contributed by atoms with E-state index in [0.29, 0.717) is 0 Å². The standard InChI is InChI=1S/C11H19BrN2Si2/c1-15(2)8-9-16(3,4)14(15)11-7-5-6-10(12)13-11/h5-7H,8-9H2,1-4H3. The molecule has 2 nitrogen and oxygen atoms in total. The molecule has 0 spiro atoms. The molecule has 0 amide bonds. The second kappa shape index (κ2) is 3.96. The molecule has 1 saturated heterocycles. The number of halogens is 1. The second-order valence-corrected chi connectivity index (χ2v) is 16.2. The van der Waals surface area contributed by atoms with E-state index in [2.05, 4.69) is 63.5 Å². The van der Waals surface area contributed by atoms with Crippen LogP contribution in [0.2, 0.25) is 38.3 Å². The molecule has 2 heterocycles. The summed E-state index contributed by atoms with van der Waals surface area (Å²) in [5, 5.41) is 0. The average Bonchev–Trinajstić information content (AvgIpc) is 2.35. The quantitative estimate of drug-likeness (QED) is 0.573. The van der Waals surface area contributed by atoms with Crippen molar-refractivity contribution in [2.24, 2.45) is 0 Å². The number of anilines is 1. The maximum atomic E-state index is 4.66. The van der Waals surface area contributed by atoms with Crippen molar-refractivity contribution in [3.8, 4) is 0 Å². The van der Waals surface area contributed by atoms with E-state index in [0.717, 1.165) is 4.60 Å². The molecular formula is C11H19BrN2Si2. The van der Waals surface area contributed by atoms with Crippen LogP contribution in [0.5, 0.6) is 0 Å². The summed E-state index contributed by atoms with van der Waals surface area (Å²) < 4.78 is 3.68. The van der Waals surface area contributed by atoms with Gasteiger partial charge in [0.05, 0.1) is 0 Å². The molecule has 1 aromatic rings. The van der Waals surface area contributed by atoms with Gasteiger partial charge in [-0.25, -0.2) is 4.98 Å². The molecule has 0 N–H and O–H groups in total. The van der Waals surface area contributed by atoms with Crippen LogP contribution in [0.15, 0.2) is 22.8 Å². The minimum Gasteiger partial charge on any atom is -0.409 e. The van der Waals surface area contributed by atoms with Crippen LogP contribution in [0.25, 0.3) is 0 Å². The lowest BCUT2D eigenvalue weighted by molar-refractivity contribution is 1.21. The van der Waals surface area contributed by atoms with Gasteiger partial charge in [-0.05, 0) is 40.2 Å². The first-order valence-electron chi connectivity index (χ1n) is 5.76. The van der Waals surface area contributed by atoms with E-state index in [9.17, 15) is 0 Å². The average molecular weight is 315 g/mol. The summed E-state index contributed by atoms with van der Waals surface area (Å²) in [6.45, 7) is 9.88. The highest BCUT2D eigenvalue weighted by Crippen LogP contribution is 2.39. The van der Waals surface area contributed by atoms with Crippen LogP contribution in [0.4, 0.5) is 5.82 Å². The Morgan fingerprint density at radius 1 is 1.12 bits per heavy atom. The highest BCUT2D eigenvalue weighted by molar-refractivity contribution is 9.10. The van der Waals surface area contributed by atoms with Crippen LogP contribution in [0, 0.1) is 0 Å². The Balaban J connectivity index is 2.45. The highest BCUT2D eigenvalue weighted by Gasteiger charge is 2.47. The molecule has 1 aliphatic rings. The summed E-state index contributed by atoms with van der Waals surface area (Å²) in [6, 6.07) is 9.10. The lowest BCUT2D eigenvalue weighted by Crippen LogP contribution is -2.55. The Kier molecular flexibility index (Phi) is 3.05. The van der Waals surface area contributed by atoms with Gasteiger partial charge in [0.2, 0.25) is 0 Å². The topological polar surface area (TPSA) is 16.1 Å². The summed E-state index contributed by atoms with van der Waals surface area (Å²) in [7, 11) is -2.51. The summed E-state index contributed by atoms with van der Waals surface area (Å²) in [4.78, 5) is 4.66. The molecule has 5 heteroatoms. The second-order valence-electron chi connectivity index (χ2n) is 5.78. The van der Waals surface area contributed by atoms with Crippen molar-refractivity contribution in [3.63, 3.8) is 0 Å². The van der Waals surface area contributed by atoms with Gasteiger partial charge < -0.3 is 4.23 Å². The summed E-state index contributed by atoms with van der Waals surface area (Å²) >= 11 is 3.48. The number of aromatic nitrogens is 1. The van der Waals surface area contributed by atoms with E-state index in [1.165, 1.54) is 17.9 Å². The molecule has 0 bridgehead atoms. The number of pyridine rings is 1. The predicted octanol–water partition coefficient (Wildman–Crippen LogP) is 4.07. The van der Waals surface area contributed by atoms with E-state index in [4.69, 9.17) is 0 Å². The number of nitrogens with zero attached hydrogens (tertiary/aromatic N) is 2. The van der Waals surface area contributed by atoms with Crippen LogP contribution in [0.1, 0.15) is 0 Å². The molecule has 0 saturated carbocycles. The van der Waals surface area contributed by atoms with Crippen molar-refractivity contribution in [1.29, 1.82) is 0 Å². The normalized spacial score (nSPS) is 22.4. The van der Waals surface area contributed by atoms with Gasteiger partial charge in [0, 0.05) is 0 Å². The van der Waals surface area contributed by atoms with Gasteiger partial charge in [0.15, 0.2) is 0 Å². The summed E-state index contributed by atoms with van der Waals surface area (Å²) in [6.07, 6.45) is 0. The molecule has 0 atom stereocenters. The third kappa shape index (κ3) is 2.12. The molecule has 1 fully saturated rings. The van der Waals surface area contributed by atoms with E-state index in [1.54, 1.807) is 0 Å². The van der Waals surface area contributed by atoms with Crippen LogP contribution in [-0.4, -0.2) is 21.5 Å². The van der Waals surface area contributed by atoms with Crippen LogP contribution >= 0.6 is 15.9 Å². The zero-order valence-corrected chi connectivity index (χ0v) is 14.0. The molecule has 2 rings (SSSR count). The molecular weight excluding hydrogens is 296 g/mol. The summed E-state index contributed by atoms with van der Waals surface area (Å²) in [5.74, 6) is 1.19. The minimum absolute atomic E-state index is 0.950. The maximum absolute atomic E-state index is 4.66. The Morgan fingerprint density at radius 2 is 1.69 bits per heavy atom. The van der Waals surface area contributed by atoms with Crippen molar-refractivity contribution < 1.29 is 0 Å². The number of rotatable bonds is 1. The van der Waals surface area contributed by atoms with Crippen molar-refractivity contribution in [1.82, 2.24) is 4.98 Å². The first kappa shape index (κ1) is 12.3. The maximum Gasteiger partial charge on any atom is 0.142 e. The fraction of sp³-hybridized carbons (Fsp3) is 0.545. The SMILES string of the molecule is C[Si]1(C)CC[Si](C)(C)N1c1cccc(Br)n1. The third-order valence-electron chi connectivity index (χ3n) is 3.49. The van der Waals surface area contributed by atoms with Gasteiger partial charge in [0.1, 0.15) is 26.9 Å². The lowest BCUT2D eigenvalue weighted by atomic mass is 10.5. The molecule has 88 valence electrons. The predicted molar refractivity (Wildman–Crippen MR) is 79.0 cm³/mol. The molecule has 0 unspecified atom stereocenters. The van der Waals surface area contributed by atoms with Crippen LogP contribution < -0.4 is 4.23 Å². The Hall–Kier alpha value is -0.136. The van der Waals surface area contributed by atoms with E-state index < -0.39 is 16.5 Å². The molecule has 1 aliphatic heterocycles. The lowest BCUT2D eigenvalue weighted by Gasteiger charge is -2.40. The Bertz CT molecular complexity index is 391. The van der Waals surface area contributed by atoms with Gasteiger partial charge in [0.25, 0.3) is 0 Å². The van der Waals surface area contributed by atoms with Gasteiger partial charge in [-0.1, -0.05) is 32.3 Å². The van der Waals surface area contributed by atoms with Crippen LogP contribution in [-0.2, 0) is 0 Å². The van der Waals surface area contributed by atoms with Gasteiger partial charge in [-0.15, -0.1) is 0 Å². The van der Waals surface area contributed by atoms with Gasteiger partial charge in [-0.3, -0.25) is 0 Å². The Morgan fingerprint density at radius 3 is 2.19 bits per heavy atom. The van der Waals surface area contributed by atoms with Crippen molar-refractivity contribution in [2.75, 3.05) is 4.23 Å². The number of hydrogen-bond acceptors (Lipinski definition) is 2. The monoisotopic (exact) mass is 314 g/mol. The largest absolute Gasteiger partial charge is 0.409 e. The van der Waals surface area contributed by atoms with E-state index in [1.807, 2.05) is 6.07 Å². The molecule has 0 aromatic carbocycles. The summed E-state index contributed by atoms with van der Waals surface area (Å²) in [5.41, 5.74) is 0.